The van der Waals surface area contributed by atoms with Crippen LogP contribution in [0.1, 0.15) is 43.9 Å². The molecule has 0 bridgehead atoms. The second-order valence-electron chi connectivity index (χ2n) is 9.60. The molecule has 2 aromatic rings. The third-order valence-electron chi connectivity index (χ3n) is 6.12. The molecule has 2 aliphatic rings. The summed E-state index contributed by atoms with van der Waals surface area (Å²) in [5, 5.41) is 3.98. The Hall–Kier alpha value is -2.44. The van der Waals surface area contributed by atoms with Gasteiger partial charge in [0.15, 0.2) is 11.5 Å². The van der Waals surface area contributed by atoms with Gasteiger partial charge in [0.05, 0.1) is 24.8 Å². The first-order valence-corrected chi connectivity index (χ1v) is 12.6. The van der Waals surface area contributed by atoms with Crippen LogP contribution in [0.3, 0.4) is 0 Å². The van der Waals surface area contributed by atoms with Gasteiger partial charge < -0.3 is 24.4 Å². The Kier molecular flexibility index (Phi) is 8.22. The number of hydrogen-bond donors (Lipinski definition) is 1. The van der Waals surface area contributed by atoms with Crippen LogP contribution < -0.4 is 19.5 Å². The van der Waals surface area contributed by atoms with Gasteiger partial charge in [-0.15, -0.1) is 0 Å². The summed E-state index contributed by atoms with van der Waals surface area (Å²) in [5.74, 6) is 2.57. The van der Waals surface area contributed by atoms with Gasteiger partial charge >= 0.3 is 0 Å². The average molecular weight is 487 g/mol. The maximum atomic E-state index is 13.4. The van der Waals surface area contributed by atoms with Crippen LogP contribution in [0.4, 0.5) is 0 Å². The molecule has 1 amide bonds. The predicted octanol–water partition coefficient (Wildman–Crippen LogP) is 4.85. The molecule has 2 aromatic carbocycles. The summed E-state index contributed by atoms with van der Waals surface area (Å²) in [7, 11) is 0. The quantitative estimate of drug-likeness (QED) is 0.549. The monoisotopic (exact) mass is 486 g/mol. The Morgan fingerprint density at radius 1 is 1.09 bits per heavy atom. The highest BCUT2D eigenvalue weighted by Crippen LogP contribution is 2.38. The van der Waals surface area contributed by atoms with Crippen LogP contribution in [-0.2, 0) is 24.3 Å². The summed E-state index contributed by atoms with van der Waals surface area (Å²) in [6.07, 6.45) is 1.78. The first-order chi connectivity index (χ1) is 16.4. The van der Waals surface area contributed by atoms with Gasteiger partial charge in [0.2, 0.25) is 5.91 Å². The highest BCUT2D eigenvalue weighted by Gasteiger charge is 2.24. The molecule has 184 valence electrons. The second kappa shape index (κ2) is 11.3. The summed E-state index contributed by atoms with van der Waals surface area (Å²) < 4.78 is 17.4. The van der Waals surface area contributed by atoms with Gasteiger partial charge in [-0.1, -0.05) is 50.6 Å². The topological polar surface area (TPSA) is 60.0 Å². The number of rotatable bonds is 9. The fourth-order valence-corrected chi connectivity index (χ4v) is 4.80. The van der Waals surface area contributed by atoms with Crippen molar-refractivity contribution in [1.82, 2.24) is 10.2 Å². The van der Waals surface area contributed by atoms with E-state index in [-0.39, 0.29) is 11.8 Å². The standard InChI is InChI=1S/C27H35ClN2O4/c1-18(2)16-30(17-20-12-23(28)26-24(13-20)32-9-5-10-33-26)27(31)19(3)14-29-15-22-7-4-6-21-8-11-34-25(21)22/h4,6-7,12-13,18-19,29H,5,8-11,14-17H2,1-3H3/t19-/m1/s1. The van der Waals surface area contributed by atoms with Crippen molar-refractivity contribution in [3.63, 3.8) is 0 Å². The summed E-state index contributed by atoms with van der Waals surface area (Å²) in [6, 6.07) is 10.1. The van der Waals surface area contributed by atoms with E-state index in [1.165, 1.54) is 5.56 Å². The molecule has 34 heavy (non-hydrogen) atoms. The van der Waals surface area contributed by atoms with Gasteiger partial charge in [-0.25, -0.2) is 0 Å². The number of carbonyl (C=O) groups is 1. The number of halogens is 1. The first-order valence-electron chi connectivity index (χ1n) is 12.2. The molecule has 0 fully saturated rings. The molecule has 2 heterocycles. The van der Waals surface area contributed by atoms with Crippen LogP contribution in [-0.4, -0.2) is 43.7 Å². The van der Waals surface area contributed by atoms with Gasteiger partial charge in [-0.2, -0.15) is 0 Å². The zero-order chi connectivity index (χ0) is 24.1. The number of carbonyl (C=O) groups excluding carboxylic acids is 1. The molecular formula is C27H35ClN2O4. The number of hydrogen-bond acceptors (Lipinski definition) is 5. The van der Waals surface area contributed by atoms with Crippen LogP contribution in [0.5, 0.6) is 17.2 Å². The molecule has 0 aliphatic carbocycles. The van der Waals surface area contributed by atoms with Gasteiger partial charge in [0.1, 0.15) is 5.75 Å². The second-order valence-corrected chi connectivity index (χ2v) is 10.0. The molecule has 0 saturated carbocycles. The lowest BCUT2D eigenvalue weighted by Crippen LogP contribution is -2.40. The highest BCUT2D eigenvalue weighted by atomic mass is 35.5. The number of fused-ring (bicyclic) bond motifs is 2. The molecule has 6 nitrogen and oxygen atoms in total. The normalized spacial score (nSPS) is 15.4. The Morgan fingerprint density at radius 3 is 2.71 bits per heavy atom. The minimum Gasteiger partial charge on any atom is -0.493 e. The lowest BCUT2D eigenvalue weighted by Gasteiger charge is -2.28. The van der Waals surface area contributed by atoms with Crippen molar-refractivity contribution in [2.45, 2.75) is 46.7 Å². The van der Waals surface area contributed by atoms with Crippen LogP contribution in [0, 0.1) is 11.8 Å². The average Bonchev–Trinajstić information content (AvgIpc) is 3.16. The summed E-state index contributed by atoms with van der Waals surface area (Å²) in [5.41, 5.74) is 3.36. The van der Waals surface area contributed by atoms with Crippen molar-refractivity contribution in [1.29, 1.82) is 0 Å². The Balaban J connectivity index is 1.40. The van der Waals surface area contributed by atoms with E-state index in [1.54, 1.807) is 0 Å². The molecule has 0 saturated heterocycles. The van der Waals surface area contributed by atoms with Gasteiger partial charge in [-0.05, 0) is 29.2 Å². The van der Waals surface area contributed by atoms with E-state index in [0.717, 1.165) is 36.3 Å². The van der Waals surface area contributed by atoms with Crippen molar-refractivity contribution < 1.29 is 19.0 Å². The molecule has 2 aliphatic heterocycles. The first kappa shape index (κ1) is 24.7. The van der Waals surface area contributed by atoms with Crippen molar-refractivity contribution in [3.05, 3.63) is 52.0 Å². The number of ether oxygens (including phenoxy) is 3. The Labute approximate surface area is 207 Å². The Bertz CT molecular complexity index is 1010. The Morgan fingerprint density at radius 2 is 1.88 bits per heavy atom. The van der Waals surface area contributed by atoms with E-state index in [4.69, 9.17) is 25.8 Å². The molecule has 1 atom stereocenters. The third kappa shape index (κ3) is 5.97. The maximum absolute atomic E-state index is 13.4. The number of para-hydroxylation sites is 1. The van der Waals surface area contributed by atoms with Crippen molar-refractivity contribution in [3.8, 4) is 17.2 Å². The van der Waals surface area contributed by atoms with E-state index in [0.29, 0.717) is 61.8 Å². The van der Waals surface area contributed by atoms with Crippen LogP contribution in [0.25, 0.3) is 0 Å². The minimum atomic E-state index is -0.160. The molecule has 0 spiro atoms. The SMILES string of the molecule is CC(C)CN(Cc1cc(Cl)c2c(c1)OCCCO2)C(=O)[C@H](C)CNCc1cccc2c1OCC2. The van der Waals surface area contributed by atoms with Crippen molar-refractivity contribution >= 4 is 17.5 Å². The van der Waals surface area contributed by atoms with Crippen molar-refractivity contribution in [2.75, 3.05) is 32.9 Å². The molecule has 0 radical (unpaired) electrons. The summed E-state index contributed by atoms with van der Waals surface area (Å²) in [6.45, 7) is 10.6. The fraction of sp³-hybridized carbons (Fsp3) is 0.519. The van der Waals surface area contributed by atoms with Gasteiger partial charge in [0, 0.05) is 50.5 Å². The zero-order valence-corrected chi connectivity index (χ0v) is 21.1. The number of benzene rings is 2. The molecule has 0 aromatic heterocycles. The zero-order valence-electron chi connectivity index (χ0n) is 20.4. The molecular weight excluding hydrogens is 452 g/mol. The van der Waals surface area contributed by atoms with E-state index in [9.17, 15) is 4.79 Å². The maximum Gasteiger partial charge on any atom is 0.226 e. The van der Waals surface area contributed by atoms with Crippen LogP contribution in [0.2, 0.25) is 5.02 Å². The molecule has 1 N–H and O–H groups in total. The highest BCUT2D eigenvalue weighted by molar-refractivity contribution is 6.32. The number of nitrogens with one attached hydrogen (secondary N) is 1. The van der Waals surface area contributed by atoms with Crippen molar-refractivity contribution in [2.24, 2.45) is 11.8 Å². The van der Waals surface area contributed by atoms with E-state index in [1.807, 2.05) is 24.0 Å². The summed E-state index contributed by atoms with van der Waals surface area (Å²) in [4.78, 5) is 15.3. The van der Waals surface area contributed by atoms with Crippen LogP contribution in [0.15, 0.2) is 30.3 Å². The van der Waals surface area contributed by atoms with Gasteiger partial charge in [-0.3, -0.25) is 4.79 Å². The van der Waals surface area contributed by atoms with E-state index >= 15 is 0 Å². The predicted molar refractivity (Wildman–Crippen MR) is 134 cm³/mol. The fourth-order valence-electron chi connectivity index (χ4n) is 4.51. The molecule has 4 rings (SSSR count). The largest absolute Gasteiger partial charge is 0.493 e. The number of nitrogens with zero attached hydrogens (tertiary/aromatic N) is 1. The lowest BCUT2D eigenvalue weighted by molar-refractivity contribution is -0.136. The molecule has 7 heteroatoms. The number of amides is 1. The lowest BCUT2D eigenvalue weighted by atomic mass is 10.1. The summed E-state index contributed by atoms with van der Waals surface area (Å²) >= 11 is 6.49. The van der Waals surface area contributed by atoms with Gasteiger partial charge in [0.25, 0.3) is 0 Å². The smallest absolute Gasteiger partial charge is 0.226 e. The van der Waals surface area contributed by atoms with E-state index < -0.39 is 0 Å². The molecule has 0 unspecified atom stereocenters. The van der Waals surface area contributed by atoms with E-state index in [2.05, 4.69) is 37.4 Å². The van der Waals surface area contributed by atoms with Crippen LogP contribution >= 0.6 is 11.6 Å². The minimum absolute atomic E-state index is 0.124. The third-order valence-corrected chi connectivity index (χ3v) is 6.40.